The van der Waals surface area contributed by atoms with Gasteiger partial charge in [0.2, 0.25) is 5.91 Å². The van der Waals surface area contributed by atoms with Crippen molar-refractivity contribution in [2.75, 3.05) is 30.9 Å². The molecule has 0 unspecified atom stereocenters. The fourth-order valence-corrected chi connectivity index (χ4v) is 6.40. The Bertz CT molecular complexity index is 969. The Hall–Kier alpha value is -1.61. The third kappa shape index (κ3) is 7.91. The lowest BCUT2D eigenvalue weighted by Crippen LogP contribution is -2.39. The van der Waals surface area contributed by atoms with Crippen LogP contribution in [0.2, 0.25) is 0 Å². The molecule has 0 aromatic heterocycles. The number of hydrogen-bond acceptors (Lipinski definition) is 8. The SMILES string of the molecule is CS(=O)(=O)OCCSc1ccc(S(=O)(=O)C[C@H]2CCCC[C@@H]2C(=O)NCC#N)cc1. The standard InChI is InChI=1S/C19H26N2O6S3/c1-29(23,24)27-12-13-28-16-6-8-17(9-7-16)30(25,26)14-15-4-2-3-5-18(15)19(22)21-11-10-20/h6-9,15,18H,2-5,11-14H2,1H3,(H,21,22)/t15-,18+/m1/s1. The summed E-state index contributed by atoms with van der Waals surface area (Å²) in [5, 5.41) is 11.2. The lowest BCUT2D eigenvalue weighted by Gasteiger charge is -2.30. The summed E-state index contributed by atoms with van der Waals surface area (Å²) in [4.78, 5) is 13.3. The second-order valence-electron chi connectivity index (χ2n) is 7.15. The number of benzene rings is 1. The van der Waals surface area contributed by atoms with Crippen molar-refractivity contribution in [2.45, 2.75) is 35.5 Å². The molecule has 0 spiro atoms. The molecule has 1 aromatic carbocycles. The maximum Gasteiger partial charge on any atom is 0.264 e. The first-order valence-electron chi connectivity index (χ1n) is 9.57. The van der Waals surface area contributed by atoms with Crippen LogP contribution in [0.25, 0.3) is 0 Å². The largest absolute Gasteiger partial charge is 0.343 e. The highest BCUT2D eigenvalue weighted by Gasteiger charge is 2.34. The molecule has 0 bridgehead atoms. The van der Waals surface area contributed by atoms with E-state index in [4.69, 9.17) is 5.26 Å². The van der Waals surface area contributed by atoms with Crippen molar-refractivity contribution in [3.05, 3.63) is 24.3 Å². The van der Waals surface area contributed by atoms with Gasteiger partial charge >= 0.3 is 0 Å². The minimum atomic E-state index is -3.57. The molecule has 1 aromatic rings. The topological polar surface area (TPSA) is 130 Å². The van der Waals surface area contributed by atoms with Crippen LogP contribution in [0.3, 0.4) is 0 Å². The average Bonchev–Trinajstić information content (AvgIpc) is 2.69. The Morgan fingerprint density at radius 2 is 1.87 bits per heavy atom. The van der Waals surface area contributed by atoms with Crippen LogP contribution in [-0.4, -0.2) is 53.7 Å². The minimum absolute atomic E-state index is 0.0421. The monoisotopic (exact) mass is 474 g/mol. The summed E-state index contributed by atoms with van der Waals surface area (Å²) in [6.07, 6.45) is 4.03. The third-order valence-electron chi connectivity index (χ3n) is 4.85. The van der Waals surface area contributed by atoms with E-state index in [1.807, 2.05) is 6.07 Å². The van der Waals surface area contributed by atoms with E-state index >= 15 is 0 Å². The van der Waals surface area contributed by atoms with E-state index in [1.165, 1.54) is 23.9 Å². The van der Waals surface area contributed by atoms with Crippen molar-refractivity contribution in [1.29, 1.82) is 5.26 Å². The van der Waals surface area contributed by atoms with Crippen molar-refractivity contribution in [3.63, 3.8) is 0 Å². The number of sulfone groups is 1. The number of nitrogens with one attached hydrogen (secondary N) is 1. The maximum atomic E-state index is 12.9. The summed E-state index contributed by atoms with van der Waals surface area (Å²) in [6, 6.07) is 8.28. The fourth-order valence-electron chi connectivity index (χ4n) is 3.48. The Kier molecular flexibility index (Phi) is 9.15. The Morgan fingerprint density at radius 3 is 2.50 bits per heavy atom. The highest BCUT2D eigenvalue weighted by Crippen LogP contribution is 2.33. The van der Waals surface area contributed by atoms with Gasteiger partial charge in [0.15, 0.2) is 9.84 Å². The second kappa shape index (κ2) is 11.1. The van der Waals surface area contributed by atoms with Gasteiger partial charge in [0.1, 0.15) is 6.54 Å². The van der Waals surface area contributed by atoms with Crippen LogP contribution < -0.4 is 5.32 Å². The number of hydrogen-bond donors (Lipinski definition) is 1. The molecule has 0 saturated heterocycles. The van der Waals surface area contributed by atoms with E-state index < -0.39 is 25.9 Å². The number of amides is 1. The Morgan fingerprint density at radius 1 is 1.20 bits per heavy atom. The van der Waals surface area contributed by atoms with E-state index in [0.717, 1.165) is 24.0 Å². The number of thioether (sulfide) groups is 1. The lowest BCUT2D eigenvalue weighted by atomic mass is 9.80. The van der Waals surface area contributed by atoms with Gasteiger partial charge in [-0.2, -0.15) is 13.7 Å². The Labute approximate surface area is 182 Å². The van der Waals surface area contributed by atoms with Crippen LogP contribution in [0.1, 0.15) is 25.7 Å². The number of carbonyl (C=O) groups excluding carboxylic acids is 1. The first kappa shape index (κ1) is 24.7. The molecule has 8 nitrogen and oxygen atoms in total. The van der Waals surface area contributed by atoms with Crippen LogP contribution in [0.5, 0.6) is 0 Å². The summed E-state index contributed by atoms with van der Waals surface area (Å²) in [5.74, 6) is -0.608. The lowest BCUT2D eigenvalue weighted by molar-refractivity contribution is -0.127. The van der Waals surface area contributed by atoms with Crippen LogP contribution in [-0.2, 0) is 28.9 Å². The Balaban J connectivity index is 1.98. The van der Waals surface area contributed by atoms with Gasteiger partial charge in [0.25, 0.3) is 10.1 Å². The van der Waals surface area contributed by atoms with Gasteiger partial charge in [0.05, 0.1) is 29.6 Å². The molecule has 0 radical (unpaired) electrons. The van der Waals surface area contributed by atoms with Crippen LogP contribution in [0.15, 0.2) is 34.1 Å². The summed E-state index contributed by atoms with van der Waals surface area (Å²) in [6.45, 7) is -0.0381. The first-order chi connectivity index (χ1) is 14.1. The zero-order chi connectivity index (χ0) is 22.2. The van der Waals surface area contributed by atoms with Gasteiger partial charge in [0, 0.05) is 16.6 Å². The second-order valence-corrected chi connectivity index (χ2v) is 12.0. The van der Waals surface area contributed by atoms with Crippen LogP contribution >= 0.6 is 11.8 Å². The van der Waals surface area contributed by atoms with Gasteiger partial charge < -0.3 is 5.32 Å². The van der Waals surface area contributed by atoms with Crippen LogP contribution in [0, 0.1) is 23.2 Å². The molecule has 166 valence electrons. The molecule has 0 aliphatic heterocycles. The van der Waals surface area contributed by atoms with Gasteiger partial charge in [-0.15, -0.1) is 11.8 Å². The molecular formula is C19H26N2O6S3. The van der Waals surface area contributed by atoms with Crippen molar-refractivity contribution in [1.82, 2.24) is 5.32 Å². The molecule has 0 heterocycles. The number of carbonyl (C=O) groups is 1. The van der Waals surface area contributed by atoms with Crippen molar-refractivity contribution >= 4 is 37.6 Å². The highest BCUT2D eigenvalue weighted by atomic mass is 32.2. The third-order valence-corrected chi connectivity index (χ3v) is 8.28. The van der Waals surface area contributed by atoms with Gasteiger partial charge in [-0.05, 0) is 43.0 Å². The van der Waals surface area contributed by atoms with E-state index in [-0.39, 0.29) is 35.6 Å². The molecule has 2 rings (SSSR count). The molecule has 1 N–H and O–H groups in total. The summed E-state index contributed by atoms with van der Waals surface area (Å²) in [7, 11) is -7.04. The van der Waals surface area contributed by atoms with E-state index in [0.29, 0.717) is 18.6 Å². The van der Waals surface area contributed by atoms with Crippen LogP contribution in [0.4, 0.5) is 0 Å². The molecule has 1 saturated carbocycles. The number of nitriles is 1. The van der Waals surface area contributed by atoms with Crippen molar-refractivity contribution in [3.8, 4) is 6.07 Å². The van der Waals surface area contributed by atoms with E-state index in [9.17, 15) is 21.6 Å². The summed E-state index contributed by atoms with van der Waals surface area (Å²) in [5.41, 5.74) is 0. The molecular weight excluding hydrogens is 448 g/mol. The number of rotatable bonds is 10. The summed E-state index contributed by atoms with van der Waals surface area (Å²) < 4.78 is 52.3. The first-order valence-corrected chi connectivity index (χ1v) is 14.0. The fraction of sp³-hybridized carbons (Fsp3) is 0.579. The predicted molar refractivity (Wildman–Crippen MR) is 114 cm³/mol. The maximum absolute atomic E-state index is 12.9. The zero-order valence-electron chi connectivity index (χ0n) is 16.7. The zero-order valence-corrected chi connectivity index (χ0v) is 19.2. The minimum Gasteiger partial charge on any atom is -0.343 e. The molecule has 30 heavy (non-hydrogen) atoms. The molecule has 1 aliphatic rings. The molecule has 1 aliphatic carbocycles. The molecule has 1 fully saturated rings. The van der Waals surface area contributed by atoms with E-state index in [2.05, 4.69) is 9.50 Å². The molecule has 11 heteroatoms. The average molecular weight is 475 g/mol. The predicted octanol–water partition coefficient (Wildman–Crippen LogP) is 1.97. The van der Waals surface area contributed by atoms with Gasteiger partial charge in [-0.1, -0.05) is 12.8 Å². The highest BCUT2D eigenvalue weighted by molar-refractivity contribution is 7.99. The summed E-state index contributed by atoms with van der Waals surface area (Å²) >= 11 is 1.36. The van der Waals surface area contributed by atoms with Gasteiger partial charge in [-0.3, -0.25) is 8.98 Å². The van der Waals surface area contributed by atoms with Gasteiger partial charge in [-0.25, -0.2) is 8.42 Å². The quantitative estimate of drug-likeness (QED) is 0.236. The van der Waals surface area contributed by atoms with E-state index in [1.54, 1.807) is 12.1 Å². The normalized spacial score (nSPS) is 19.7. The smallest absolute Gasteiger partial charge is 0.264 e. The van der Waals surface area contributed by atoms with Crippen molar-refractivity contribution in [2.24, 2.45) is 11.8 Å². The molecule has 2 atom stereocenters. The number of nitrogens with zero attached hydrogens (tertiary/aromatic N) is 1. The van der Waals surface area contributed by atoms with Crippen molar-refractivity contribution < 1.29 is 25.8 Å². The molecule has 1 amide bonds.